The number of hydrogen-bond acceptors (Lipinski definition) is 4. The van der Waals surface area contributed by atoms with E-state index in [4.69, 9.17) is 4.99 Å². The van der Waals surface area contributed by atoms with Gasteiger partial charge in [0.15, 0.2) is 5.17 Å². The molecule has 1 N–H and O–H groups in total. The zero-order valence-corrected chi connectivity index (χ0v) is 13.1. The van der Waals surface area contributed by atoms with Crippen LogP contribution in [0.3, 0.4) is 0 Å². The fourth-order valence-electron chi connectivity index (χ4n) is 1.98. The highest BCUT2D eigenvalue weighted by molar-refractivity contribution is 8.14. The molecule has 1 aliphatic rings. The van der Waals surface area contributed by atoms with Crippen LogP contribution in [0.25, 0.3) is 0 Å². The Kier molecular flexibility index (Phi) is 4.73. The van der Waals surface area contributed by atoms with Gasteiger partial charge in [0, 0.05) is 10.6 Å². The summed E-state index contributed by atoms with van der Waals surface area (Å²) < 4.78 is 0. The summed E-state index contributed by atoms with van der Waals surface area (Å²) in [5, 5.41) is 6.90. The second-order valence-electron chi connectivity index (χ2n) is 5.44. The smallest absolute Gasteiger partial charge is 0.157 e. The molecule has 0 fully saturated rings. The van der Waals surface area contributed by atoms with Crippen LogP contribution < -0.4 is 5.32 Å². The fraction of sp³-hybridized carbons (Fsp3) is 0.643. The quantitative estimate of drug-likeness (QED) is 0.896. The Morgan fingerprint density at radius 1 is 1.33 bits per heavy atom. The third-order valence-corrected chi connectivity index (χ3v) is 5.20. The van der Waals surface area contributed by atoms with E-state index < -0.39 is 0 Å². The van der Waals surface area contributed by atoms with Crippen LogP contribution in [-0.2, 0) is 0 Å². The minimum Gasteiger partial charge on any atom is -0.357 e. The molecule has 2 heterocycles. The van der Waals surface area contributed by atoms with Crippen LogP contribution in [0.5, 0.6) is 0 Å². The number of thioether (sulfide) groups is 1. The van der Waals surface area contributed by atoms with Crippen LogP contribution in [0.4, 0.5) is 0 Å². The van der Waals surface area contributed by atoms with Crippen LogP contribution in [0, 0.1) is 11.8 Å². The number of rotatable bonds is 4. The van der Waals surface area contributed by atoms with E-state index in [2.05, 4.69) is 50.5 Å². The van der Waals surface area contributed by atoms with Gasteiger partial charge in [0.05, 0.1) is 12.1 Å². The number of amidine groups is 1. The van der Waals surface area contributed by atoms with E-state index in [0.717, 1.165) is 10.9 Å². The van der Waals surface area contributed by atoms with Crippen LogP contribution in [0.2, 0.25) is 0 Å². The Labute approximate surface area is 118 Å². The van der Waals surface area contributed by atoms with Crippen molar-refractivity contribution in [2.45, 2.75) is 39.8 Å². The van der Waals surface area contributed by atoms with Crippen molar-refractivity contribution in [2.75, 3.05) is 5.75 Å². The predicted octanol–water partition coefficient (Wildman–Crippen LogP) is 4.16. The van der Waals surface area contributed by atoms with Crippen LogP contribution in [0.1, 0.15) is 38.6 Å². The summed E-state index contributed by atoms with van der Waals surface area (Å²) in [6.45, 7) is 9.02. The molecule has 2 unspecified atom stereocenters. The molecule has 0 aromatic carbocycles. The van der Waals surface area contributed by atoms with Gasteiger partial charge in [0.1, 0.15) is 0 Å². The Hall–Kier alpha value is -0.480. The van der Waals surface area contributed by atoms with E-state index >= 15 is 0 Å². The number of hydrogen-bond donors (Lipinski definition) is 1. The van der Waals surface area contributed by atoms with Gasteiger partial charge in [-0.05, 0) is 23.3 Å². The monoisotopic (exact) mass is 282 g/mol. The molecule has 2 nitrogen and oxygen atoms in total. The van der Waals surface area contributed by atoms with Crippen LogP contribution in [-0.4, -0.2) is 17.0 Å². The topological polar surface area (TPSA) is 24.4 Å². The van der Waals surface area contributed by atoms with Crippen molar-refractivity contribution in [3.63, 3.8) is 0 Å². The largest absolute Gasteiger partial charge is 0.357 e. The maximum absolute atomic E-state index is 4.79. The lowest BCUT2D eigenvalue weighted by Crippen LogP contribution is -2.28. The fourth-order valence-corrected chi connectivity index (χ4v) is 4.13. The zero-order chi connectivity index (χ0) is 13.1. The number of nitrogens with zero attached hydrogens (tertiary/aromatic N) is 1. The minimum atomic E-state index is 0.391. The molecular formula is C14H22N2S2. The summed E-state index contributed by atoms with van der Waals surface area (Å²) in [4.78, 5) is 6.20. The molecule has 1 aromatic heterocycles. The Bertz CT molecular complexity index is 396. The number of thiophene rings is 1. The van der Waals surface area contributed by atoms with E-state index in [1.165, 1.54) is 4.88 Å². The van der Waals surface area contributed by atoms with Crippen molar-refractivity contribution >= 4 is 28.3 Å². The van der Waals surface area contributed by atoms with E-state index in [0.29, 0.717) is 23.9 Å². The van der Waals surface area contributed by atoms with Gasteiger partial charge in [-0.25, -0.2) is 0 Å². The standard InChI is InChI=1S/C14H22N2S2/c1-9(2)11-8-18-14(15-11)16-13(10(3)4)12-6-5-7-17-12/h5-7,9-11,13H,8H2,1-4H3,(H,15,16). The molecule has 2 atom stereocenters. The number of nitrogens with one attached hydrogen (secondary N) is 1. The van der Waals surface area contributed by atoms with Gasteiger partial charge in [0.25, 0.3) is 0 Å². The van der Waals surface area contributed by atoms with Gasteiger partial charge >= 0.3 is 0 Å². The molecule has 100 valence electrons. The molecule has 18 heavy (non-hydrogen) atoms. The third-order valence-electron chi connectivity index (χ3n) is 3.24. The van der Waals surface area contributed by atoms with Crippen molar-refractivity contribution in [3.05, 3.63) is 22.4 Å². The maximum atomic E-state index is 4.79. The van der Waals surface area contributed by atoms with Crippen molar-refractivity contribution in [1.82, 2.24) is 5.32 Å². The van der Waals surface area contributed by atoms with Crippen LogP contribution in [0.15, 0.2) is 22.5 Å². The van der Waals surface area contributed by atoms with Gasteiger partial charge in [-0.3, -0.25) is 4.99 Å². The van der Waals surface area contributed by atoms with Gasteiger partial charge in [-0.2, -0.15) is 0 Å². The molecule has 0 aliphatic carbocycles. The van der Waals surface area contributed by atoms with Gasteiger partial charge in [-0.15, -0.1) is 11.3 Å². The predicted molar refractivity (Wildman–Crippen MR) is 83.6 cm³/mol. The van der Waals surface area contributed by atoms with Crippen molar-refractivity contribution < 1.29 is 0 Å². The summed E-state index contributed by atoms with van der Waals surface area (Å²) in [7, 11) is 0. The average molecular weight is 282 g/mol. The van der Waals surface area contributed by atoms with Crippen LogP contribution >= 0.6 is 23.1 Å². The van der Waals surface area contributed by atoms with Crippen molar-refractivity contribution in [1.29, 1.82) is 0 Å². The van der Waals surface area contributed by atoms with Gasteiger partial charge in [-0.1, -0.05) is 45.5 Å². The molecule has 1 aromatic rings. The normalized spacial score (nSPS) is 21.4. The molecule has 0 radical (unpaired) electrons. The highest BCUT2D eigenvalue weighted by Crippen LogP contribution is 2.29. The highest BCUT2D eigenvalue weighted by atomic mass is 32.2. The average Bonchev–Trinajstić information content (AvgIpc) is 2.96. The molecule has 0 bridgehead atoms. The molecule has 2 rings (SSSR count). The summed E-state index contributed by atoms with van der Waals surface area (Å²) in [5.74, 6) is 2.33. The van der Waals surface area contributed by atoms with E-state index in [1.54, 1.807) is 0 Å². The first-order valence-corrected chi connectivity index (χ1v) is 8.45. The second-order valence-corrected chi connectivity index (χ2v) is 7.43. The highest BCUT2D eigenvalue weighted by Gasteiger charge is 2.24. The minimum absolute atomic E-state index is 0.391. The first kappa shape index (κ1) is 13.9. The Morgan fingerprint density at radius 2 is 2.11 bits per heavy atom. The van der Waals surface area contributed by atoms with Gasteiger partial charge < -0.3 is 5.32 Å². The van der Waals surface area contributed by atoms with E-state index in [1.807, 2.05) is 23.1 Å². The second kappa shape index (κ2) is 6.11. The maximum Gasteiger partial charge on any atom is 0.157 e. The van der Waals surface area contributed by atoms with Crippen molar-refractivity contribution in [2.24, 2.45) is 16.8 Å². The first-order valence-electron chi connectivity index (χ1n) is 6.58. The Balaban J connectivity index is 2.05. The molecule has 0 spiro atoms. The summed E-state index contributed by atoms with van der Waals surface area (Å²) in [6.07, 6.45) is 0. The lowest BCUT2D eigenvalue weighted by atomic mass is 10.0. The summed E-state index contributed by atoms with van der Waals surface area (Å²) in [6, 6.07) is 5.20. The summed E-state index contributed by atoms with van der Waals surface area (Å²) in [5.41, 5.74) is 0. The SMILES string of the molecule is CC(C)C1CSC(NC(c2cccs2)C(C)C)=N1. The lowest BCUT2D eigenvalue weighted by Gasteiger charge is -2.21. The van der Waals surface area contributed by atoms with Gasteiger partial charge in [0.2, 0.25) is 0 Å². The zero-order valence-electron chi connectivity index (χ0n) is 11.5. The Morgan fingerprint density at radius 3 is 2.61 bits per heavy atom. The summed E-state index contributed by atoms with van der Waals surface area (Å²) >= 11 is 3.69. The van der Waals surface area contributed by atoms with E-state index in [9.17, 15) is 0 Å². The van der Waals surface area contributed by atoms with Crippen molar-refractivity contribution in [3.8, 4) is 0 Å². The molecule has 0 saturated heterocycles. The molecule has 0 amide bonds. The molecule has 0 saturated carbocycles. The lowest BCUT2D eigenvalue weighted by molar-refractivity contribution is 0.478. The molecular weight excluding hydrogens is 260 g/mol. The molecule has 4 heteroatoms. The molecule has 1 aliphatic heterocycles. The number of aliphatic imine (C=N–C) groups is 1. The third kappa shape index (κ3) is 3.29. The van der Waals surface area contributed by atoms with E-state index in [-0.39, 0.29) is 0 Å². The first-order chi connectivity index (χ1) is 8.58.